The summed E-state index contributed by atoms with van der Waals surface area (Å²) in [5, 5.41) is 2.40. The second kappa shape index (κ2) is 4.48. The molecule has 0 saturated heterocycles. The normalized spacial score (nSPS) is 16.5. The molecule has 2 atom stereocenters. The average Bonchev–Trinajstić information content (AvgIpc) is 1.97. The lowest BCUT2D eigenvalue weighted by molar-refractivity contribution is 0.557. The lowest BCUT2D eigenvalue weighted by Gasteiger charge is -2.17. The highest BCUT2D eigenvalue weighted by Gasteiger charge is 2.22. The van der Waals surface area contributed by atoms with Crippen molar-refractivity contribution in [2.45, 2.75) is 25.1 Å². The molecule has 0 saturated carbocycles. The van der Waals surface area contributed by atoms with E-state index in [1.807, 2.05) is 6.92 Å². The summed E-state index contributed by atoms with van der Waals surface area (Å²) in [6.45, 7) is 4.18. The smallest absolute Gasteiger partial charge is 0.152 e. The molecule has 0 fully saturated rings. The van der Waals surface area contributed by atoms with Gasteiger partial charge in [0.1, 0.15) is 0 Å². The van der Waals surface area contributed by atoms with E-state index in [0.29, 0.717) is 6.54 Å². The Balaban J connectivity index is 4.45. The molecule has 0 rings (SSSR count). The van der Waals surface area contributed by atoms with E-state index in [1.165, 1.54) is 6.26 Å². The summed E-state index contributed by atoms with van der Waals surface area (Å²) in [5.74, 6) is 2.42. The molecule has 3 nitrogen and oxygen atoms in total. The Kier molecular flexibility index (Phi) is 4.29. The fraction of sp³-hybridized carbons (Fsp3) is 0.750. The van der Waals surface area contributed by atoms with E-state index in [9.17, 15) is 8.42 Å². The standard InChI is InChI=1S/C8H15NO2S/c1-5-8(9-6-2)7(3)12(4,10)11/h1,7-9H,6H2,2-4H3. The maximum atomic E-state index is 11.1. The predicted octanol–water partition coefficient (Wildman–Crippen LogP) is 0.0308. The molecule has 2 unspecified atom stereocenters. The minimum atomic E-state index is -3.04. The van der Waals surface area contributed by atoms with E-state index >= 15 is 0 Å². The number of terminal acetylenes is 1. The third kappa shape index (κ3) is 3.24. The van der Waals surface area contributed by atoms with Crippen LogP contribution in [-0.2, 0) is 9.84 Å². The van der Waals surface area contributed by atoms with Gasteiger partial charge in [0.2, 0.25) is 0 Å². The Hall–Kier alpha value is -0.530. The van der Waals surface area contributed by atoms with Gasteiger partial charge >= 0.3 is 0 Å². The van der Waals surface area contributed by atoms with Gasteiger partial charge in [0.25, 0.3) is 0 Å². The first-order chi connectivity index (χ1) is 5.43. The van der Waals surface area contributed by atoms with Crippen molar-refractivity contribution < 1.29 is 8.42 Å². The third-order valence-electron chi connectivity index (χ3n) is 1.75. The van der Waals surface area contributed by atoms with Crippen molar-refractivity contribution in [3.8, 4) is 12.3 Å². The van der Waals surface area contributed by atoms with Crippen molar-refractivity contribution in [1.29, 1.82) is 0 Å². The molecule has 0 aliphatic carbocycles. The van der Waals surface area contributed by atoms with Crippen LogP contribution in [-0.4, -0.2) is 32.5 Å². The fourth-order valence-corrected chi connectivity index (χ4v) is 1.50. The Bertz CT molecular complexity index is 263. The van der Waals surface area contributed by atoms with Crippen LogP contribution >= 0.6 is 0 Å². The Labute approximate surface area is 74.5 Å². The van der Waals surface area contributed by atoms with Gasteiger partial charge in [-0.3, -0.25) is 0 Å². The molecular formula is C8H15NO2S. The topological polar surface area (TPSA) is 46.2 Å². The summed E-state index contributed by atoms with van der Waals surface area (Å²) in [7, 11) is -3.04. The molecule has 70 valence electrons. The lowest BCUT2D eigenvalue weighted by Crippen LogP contribution is -2.41. The summed E-state index contributed by atoms with van der Waals surface area (Å²) in [6, 6.07) is -0.384. The van der Waals surface area contributed by atoms with E-state index in [-0.39, 0.29) is 6.04 Å². The molecule has 1 N–H and O–H groups in total. The maximum Gasteiger partial charge on any atom is 0.152 e. The maximum absolute atomic E-state index is 11.1. The van der Waals surface area contributed by atoms with Gasteiger partial charge in [-0.05, 0) is 13.5 Å². The molecule has 0 aromatic carbocycles. The van der Waals surface area contributed by atoms with Gasteiger partial charge in [0, 0.05) is 6.26 Å². The van der Waals surface area contributed by atoms with Crippen LogP contribution in [0.4, 0.5) is 0 Å². The number of nitrogens with one attached hydrogen (secondary N) is 1. The minimum absolute atomic E-state index is 0.384. The molecule has 0 bridgehead atoms. The molecule has 4 heteroatoms. The zero-order valence-corrected chi connectivity index (χ0v) is 8.48. The van der Waals surface area contributed by atoms with E-state index in [4.69, 9.17) is 6.42 Å². The molecular weight excluding hydrogens is 174 g/mol. The SMILES string of the molecule is C#CC(NCC)C(C)S(C)(=O)=O. The molecule has 0 aromatic rings. The van der Waals surface area contributed by atoms with Gasteiger partial charge in [-0.25, -0.2) is 8.42 Å². The third-order valence-corrected chi connectivity index (χ3v) is 3.37. The second-order valence-electron chi connectivity index (χ2n) is 2.74. The minimum Gasteiger partial charge on any atom is -0.303 e. The zero-order chi connectivity index (χ0) is 9.78. The summed E-state index contributed by atoms with van der Waals surface area (Å²) < 4.78 is 22.1. The highest BCUT2D eigenvalue weighted by atomic mass is 32.2. The first-order valence-electron chi connectivity index (χ1n) is 3.81. The van der Waals surface area contributed by atoms with Crippen LogP contribution < -0.4 is 5.32 Å². The summed E-state index contributed by atoms with van der Waals surface area (Å²) in [5.41, 5.74) is 0. The van der Waals surface area contributed by atoms with Gasteiger partial charge < -0.3 is 5.32 Å². The predicted molar refractivity (Wildman–Crippen MR) is 50.6 cm³/mol. The number of sulfone groups is 1. The zero-order valence-electron chi connectivity index (χ0n) is 7.66. The number of rotatable bonds is 4. The molecule has 0 radical (unpaired) electrons. The van der Waals surface area contributed by atoms with Gasteiger partial charge in [0.05, 0.1) is 11.3 Å². The Morgan fingerprint density at radius 3 is 2.33 bits per heavy atom. The van der Waals surface area contributed by atoms with Crippen LogP contribution in [0.5, 0.6) is 0 Å². The van der Waals surface area contributed by atoms with Crippen molar-refractivity contribution in [2.24, 2.45) is 0 Å². The molecule has 0 heterocycles. The monoisotopic (exact) mass is 189 g/mol. The lowest BCUT2D eigenvalue weighted by atomic mass is 10.2. The summed E-state index contributed by atoms with van der Waals surface area (Å²) >= 11 is 0. The van der Waals surface area contributed by atoms with Gasteiger partial charge in [-0.2, -0.15) is 0 Å². The van der Waals surface area contributed by atoms with E-state index < -0.39 is 15.1 Å². The van der Waals surface area contributed by atoms with Crippen LogP contribution in [0.15, 0.2) is 0 Å². The molecule has 0 aliphatic heterocycles. The first-order valence-corrected chi connectivity index (χ1v) is 5.77. The second-order valence-corrected chi connectivity index (χ2v) is 5.14. The van der Waals surface area contributed by atoms with Gasteiger partial charge in [0.15, 0.2) is 9.84 Å². The average molecular weight is 189 g/mol. The Morgan fingerprint density at radius 2 is 2.08 bits per heavy atom. The fourth-order valence-electron chi connectivity index (χ4n) is 0.828. The van der Waals surface area contributed by atoms with Crippen LogP contribution in [0.1, 0.15) is 13.8 Å². The largest absolute Gasteiger partial charge is 0.303 e. The van der Waals surface area contributed by atoms with Crippen molar-refractivity contribution in [2.75, 3.05) is 12.8 Å². The molecule has 0 aliphatic rings. The Morgan fingerprint density at radius 1 is 1.58 bits per heavy atom. The molecule has 0 aromatic heterocycles. The quantitative estimate of drug-likeness (QED) is 0.635. The molecule has 0 amide bonds. The van der Waals surface area contributed by atoms with Crippen LogP contribution in [0.25, 0.3) is 0 Å². The first kappa shape index (κ1) is 11.5. The van der Waals surface area contributed by atoms with Crippen LogP contribution in [0.2, 0.25) is 0 Å². The highest BCUT2D eigenvalue weighted by Crippen LogP contribution is 2.03. The van der Waals surface area contributed by atoms with Gasteiger partial charge in [-0.1, -0.05) is 12.8 Å². The van der Waals surface area contributed by atoms with E-state index in [0.717, 1.165) is 0 Å². The molecule has 0 spiro atoms. The number of hydrogen-bond donors (Lipinski definition) is 1. The van der Waals surface area contributed by atoms with Gasteiger partial charge in [-0.15, -0.1) is 6.42 Å². The van der Waals surface area contributed by atoms with Crippen LogP contribution in [0.3, 0.4) is 0 Å². The van der Waals surface area contributed by atoms with Crippen molar-refractivity contribution in [3.05, 3.63) is 0 Å². The van der Waals surface area contributed by atoms with Crippen LogP contribution in [0, 0.1) is 12.3 Å². The van der Waals surface area contributed by atoms with Crippen molar-refractivity contribution in [1.82, 2.24) is 5.32 Å². The molecule has 12 heavy (non-hydrogen) atoms. The van der Waals surface area contributed by atoms with E-state index in [2.05, 4.69) is 11.2 Å². The summed E-state index contributed by atoms with van der Waals surface area (Å²) in [6.07, 6.45) is 6.37. The van der Waals surface area contributed by atoms with E-state index in [1.54, 1.807) is 6.92 Å². The van der Waals surface area contributed by atoms with Crippen molar-refractivity contribution >= 4 is 9.84 Å². The summed E-state index contributed by atoms with van der Waals surface area (Å²) in [4.78, 5) is 0. The number of hydrogen-bond acceptors (Lipinski definition) is 3. The highest BCUT2D eigenvalue weighted by molar-refractivity contribution is 7.91. The van der Waals surface area contributed by atoms with Crippen molar-refractivity contribution in [3.63, 3.8) is 0 Å².